The van der Waals surface area contributed by atoms with Gasteiger partial charge >= 0.3 is 5.97 Å². The maximum Gasteiger partial charge on any atom is 0.331 e. The van der Waals surface area contributed by atoms with Gasteiger partial charge in [0.1, 0.15) is 16.3 Å². The molecule has 7 heteroatoms. The number of nitrogens with two attached hydrogens (primary N) is 1. The van der Waals surface area contributed by atoms with Crippen LogP contribution >= 0.6 is 12.2 Å². The average Bonchev–Trinajstić information content (AvgIpc) is 2.40. The highest BCUT2D eigenvalue weighted by molar-refractivity contribution is 7.80. The number of rotatable bonds is 6. The van der Waals surface area contributed by atoms with E-state index in [1.54, 1.807) is 19.1 Å². The number of carbonyl (C=O) groups is 2. The number of aromatic hydroxyl groups is 1. The van der Waals surface area contributed by atoms with E-state index in [0.717, 1.165) is 0 Å². The summed E-state index contributed by atoms with van der Waals surface area (Å²) in [5.74, 6) is -0.612. The zero-order chi connectivity index (χ0) is 15.3. The van der Waals surface area contributed by atoms with E-state index in [9.17, 15) is 14.7 Å². The summed E-state index contributed by atoms with van der Waals surface area (Å²) in [5, 5.41) is 12.1. The fraction of sp³-hybridized carbons (Fsp3) is 0.308. The Kier molecular flexibility index (Phi) is 5.04. The molecule has 1 aromatic rings. The van der Waals surface area contributed by atoms with Crippen LogP contribution < -0.4 is 11.1 Å². The first-order valence-corrected chi connectivity index (χ1v) is 6.16. The lowest BCUT2D eigenvalue weighted by Crippen LogP contribution is -2.51. The lowest BCUT2D eigenvalue weighted by atomic mass is 9.92. The topological polar surface area (TPSA) is 102 Å². The van der Waals surface area contributed by atoms with Gasteiger partial charge in [-0.3, -0.25) is 4.79 Å². The number of hydrogen-bond acceptors (Lipinski definition) is 5. The van der Waals surface area contributed by atoms with Crippen LogP contribution in [0.4, 0.5) is 0 Å². The highest BCUT2D eigenvalue weighted by atomic mass is 32.1. The number of phenols is 1. The van der Waals surface area contributed by atoms with Crippen molar-refractivity contribution in [3.05, 3.63) is 29.3 Å². The van der Waals surface area contributed by atoms with Crippen LogP contribution in [0.15, 0.2) is 18.2 Å². The molecule has 0 spiro atoms. The SMILES string of the molecule is COC(=O)[C@](C)(Cc1ccc(O)c(C(N)=S)c1)NC=O. The summed E-state index contributed by atoms with van der Waals surface area (Å²) >= 11 is 4.83. The number of hydrogen-bond donors (Lipinski definition) is 3. The molecule has 0 aliphatic carbocycles. The Labute approximate surface area is 121 Å². The van der Waals surface area contributed by atoms with Gasteiger partial charge in [-0.05, 0) is 24.6 Å². The quantitative estimate of drug-likeness (QED) is 0.395. The first-order chi connectivity index (χ1) is 9.34. The van der Waals surface area contributed by atoms with Crippen LogP contribution in [-0.4, -0.2) is 35.1 Å². The van der Waals surface area contributed by atoms with Crippen molar-refractivity contribution in [3.63, 3.8) is 0 Å². The van der Waals surface area contributed by atoms with Gasteiger partial charge in [0.25, 0.3) is 0 Å². The van der Waals surface area contributed by atoms with E-state index in [2.05, 4.69) is 10.1 Å². The second kappa shape index (κ2) is 6.33. The summed E-state index contributed by atoms with van der Waals surface area (Å²) in [5.41, 5.74) is 5.28. The van der Waals surface area contributed by atoms with Gasteiger partial charge in [-0.25, -0.2) is 4.79 Å². The van der Waals surface area contributed by atoms with Gasteiger partial charge in [0.15, 0.2) is 0 Å². The first-order valence-electron chi connectivity index (χ1n) is 5.75. The first kappa shape index (κ1) is 15.9. The predicted molar refractivity (Wildman–Crippen MR) is 77.3 cm³/mol. The van der Waals surface area contributed by atoms with Crippen molar-refractivity contribution in [1.82, 2.24) is 5.32 Å². The Morgan fingerprint density at radius 3 is 2.75 bits per heavy atom. The van der Waals surface area contributed by atoms with E-state index in [-0.39, 0.29) is 17.2 Å². The molecule has 4 N–H and O–H groups in total. The largest absolute Gasteiger partial charge is 0.507 e. The van der Waals surface area contributed by atoms with Gasteiger partial charge in [0, 0.05) is 6.42 Å². The number of methoxy groups -OCH3 is 1. The minimum atomic E-state index is -1.21. The fourth-order valence-electron chi connectivity index (χ4n) is 1.84. The zero-order valence-electron chi connectivity index (χ0n) is 11.2. The number of thiocarbonyl (C=S) groups is 1. The van der Waals surface area contributed by atoms with Gasteiger partial charge in [0.2, 0.25) is 6.41 Å². The average molecular weight is 296 g/mol. The van der Waals surface area contributed by atoms with Gasteiger partial charge in [-0.1, -0.05) is 18.3 Å². The molecule has 0 heterocycles. The fourth-order valence-corrected chi connectivity index (χ4v) is 2.00. The molecule has 20 heavy (non-hydrogen) atoms. The molecule has 0 radical (unpaired) electrons. The maximum atomic E-state index is 11.8. The van der Waals surface area contributed by atoms with E-state index in [0.29, 0.717) is 17.5 Å². The second-order valence-corrected chi connectivity index (χ2v) is 4.92. The number of amides is 1. The Balaban J connectivity index is 3.12. The highest BCUT2D eigenvalue weighted by Crippen LogP contribution is 2.22. The van der Waals surface area contributed by atoms with E-state index >= 15 is 0 Å². The van der Waals surface area contributed by atoms with Crippen molar-refractivity contribution < 1.29 is 19.4 Å². The third-order valence-corrected chi connectivity index (χ3v) is 3.12. The molecule has 108 valence electrons. The van der Waals surface area contributed by atoms with Crippen molar-refractivity contribution >= 4 is 29.6 Å². The predicted octanol–water partition coefficient (Wildman–Crippen LogP) is 0.247. The lowest BCUT2D eigenvalue weighted by molar-refractivity contribution is -0.148. The summed E-state index contributed by atoms with van der Waals surface area (Å²) in [7, 11) is 1.24. The number of phenolic OH excluding ortho intramolecular Hbond substituents is 1. The molecule has 0 bridgehead atoms. The van der Waals surface area contributed by atoms with E-state index in [1.165, 1.54) is 13.2 Å². The van der Waals surface area contributed by atoms with Crippen molar-refractivity contribution in [2.45, 2.75) is 18.9 Å². The van der Waals surface area contributed by atoms with Crippen molar-refractivity contribution in [3.8, 4) is 5.75 Å². The van der Waals surface area contributed by atoms with Crippen molar-refractivity contribution in [2.75, 3.05) is 7.11 Å². The molecule has 0 fully saturated rings. The van der Waals surface area contributed by atoms with E-state index < -0.39 is 11.5 Å². The summed E-state index contributed by atoms with van der Waals surface area (Å²) in [6.07, 6.45) is 0.611. The number of nitrogens with one attached hydrogen (secondary N) is 1. The Morgan fingerprint density at radius 1 is 1.60 bits per heavy atom. The van der Waals surface area contributed by atoms with Crippen LogP contribution in [0.1, 0.15) is 18.1 Å². The minimum Gasteiger partial charge on any atom is -0.507 e. The van der Waals surface area contributed by atoms with E-state index in [1.807, 2.05) is 0 Å². The zero-order valence-corrected chi connectivity index (χ0v) is 12.0. The minimum absolute atomic E-state index is 0.0376. The van der Waals surface area contributed by atoms with Crippen LogP contribution in [0.2, 0.25) is 0 Å². The monoisotopic (exact) mass is 296 g/mol. The highest BCUT2D eigenvalue weighted by Gasteiger charge is 2.34. The Hall–Kier alpha value is -2.15. The molecule has 1 amide bonds. The number of esters is 1. The van der Waals surface area contributed by atoms with Crippen LogP contribution in [0.25, 0.3) is 0 Å². The molecule has 0 saturated carbocycles. The normalized spacial score (nSPS) is 13.1. The van der Waals surface area contributed by atoms with Crippen LogP contribution in [-0.2, 0) is 20.7 Å². The van der Waals surface area contributed by atoms with Crippen LogP contribution in [0, 0.1) is 0 Å². The van der Waals surface area contributed by atoms with E-state index in [4.69, 9.17) is 18.0 Å². The van der Waals surface area contributed by atoms with Crippen molar-refractivity contribution in [1.29, 1.82) is 0 Å². The molecular weight excluding hydrogens is 280 g/mol. The summed E-state index contributed by atoms with van der Waals surface area (Å²) in [6.45, 7) is 1.54. The van der Waals surface area contributed by atoms with Gasteiger partial charge in [-0.2, -0.15) is 0 Å². The smallest absolute Gasteiger partial charge is 0.331 e. The van der Waals surface area contributed by atoms with Crippen molar-refractivity contribution in [2.24, 2.45) is 5.73 Å². The van der Waals surface area contributed by atoms with Gasteiger partial charge in [0.05, 0.1) is 12.7 Å². The maximum absolute atomic E-state index is 11.8. The molecule has 0 aliphatic rings. The molecule has 6 nitrogen and oxygen atoms in total. The van der Waals surface area contributed by atoms with Crippen LogP contribution in [0.3, 0.4) is 0 Å². The Morgan fingerprint density at radius 2 is 2.25 bits per heavy atom. The molecule has 1 aromatic carbocycles. The summed E-state index contributed by atoms with van der Waals surface area (Å²) in [6, 6.07) is 4.62. The molecule has 1 rings (SSSR count). The standard InChI is InChI=1S/C13H16N2O4S/c1-13(15-7-16,12(18)19-2)6-8-3-4-10(17)9(5-8)11(14)20/h3-5,7,17H,6H2,1-2H3,(H2,14,20)(H,15,16)/t13-/m0/s1. The summed E-state index contributed by atoms with van der Waals surface area (Å²) in [4.78, 5) is 22.5. The lowest BCUT2D eigenvalue weighted by Gasteiger charge is -2.26. The number of carbonyl (C=O) groups excluding carboxylic acids is 2. The van der Waals surface area contributed by atoms with Crippen LogP contribution in [0.5, 0.6) is 5.75 Å². The molecule has 1 atom stereocenters. The molecule has 0 saturated heterocycles. The number of benzene rings is 1. The third kappa shape index (κ3) is 3.45. The molecular formula is C13H16N2O4S. The van der Waals surface area contributed by atoms with Gasteiger partial charge < -0.3 is 20.9 Å². The third-order valence-electron chi connectivity index (χ3n) is 2.90. The second-order valence-electron chi connectivity index (χ2n) is 4.48. The number of ether oxygens (including phenoxy) is 1. The molecule has 0 unspecified atom stereocenters. The summed E-state index contributed by atoms with van der Waals surface area (Å²) < 4.78 is 4.68. The Bertz CT molecular complexity index is 547. The molecule has 0 aromatic heterocycles. The molecule has 0 aliphatic heterocycles. The van der Waals surface area contributed by atoms with Gasteiger partial charge in [-0.15, -0.1) is 0 Å².